The number of rotatable bonds is 6. The van der Waals surface area contributed by atoms with Crippen molar-refractivity contribution in [2.24, 2.45) is 0 Å². The van der Waals surface area contributed by atoms with Gasteiger partial charge in [-0.25, -0.2) is 4.39 Å². The van der Waals surface area contributed by atoms with E-state index >= 15 is 0 Å². The smallest absolute Gasteiger partial charge is 0.227 e. The van der Waals surface area contributed by atoms with Crippen LogP contribution in [0.3, 0.4) is 0 Å². The molecule has 0 saturated heterocycles. The fraction of sp³-hybridized carbons (Fsp3) is 0.316. The van der Waals surface area contributed by atoms with E-state index in [1.54, 1.807) is 0 Å². The van der Waals surface area contributed by atoms with Gasteiger partial charge in [0.05, 0.1) is 12.0 Å². The van der Waals surface area contributed by atoms with Gasteiger partial charge in [0, 0.05) is 6.54 Å². The molecule has 2 aromatic rings. The highest BCUT2D eigenvalue weighted by Crippen LogP contribution is 2.17. The fourth-order valence-electron chi connectivity index (χ4n) is 2.35. The van der Waals surface area contributed by atoms with E-state index in [2.05, 4.69) is 12.2 Å². The van der Waals surface area contributed by atoms with Crippen molar-refractivity contribution in [2.75, 3.05) is 6.54 Å². The minimum absolute atomic E-state index is 0.0991. The van der Waals surface area contributed by atoms with Gasteiger partial charge in [-0.05, 0) is 42.2 Å². The van der Waals surface area contributed by atoms with Gasteiger partial charge >= 0.3 is 0 Å². The Balaban J connectivity index is 1.91. The fourth-order valence-corrected chi connectivity index (χ4v) is 2.35. The summed E-state index contributed by atoms with van der Waals surface area (Å²) in [6.07, 6.45) is 0.110. The molecule has 2 unspecified atom stereocenters. The number of aliphatic hydroxyl groups excluding tert-OH is 1. The number of halogens is 1. The number of nitrogens with one attached hydrogen (secondary N) is 1. The van der Waals surface area contributed by atoms with E-state index in [-0.39, 0.29) is 24.2 Å². The second kappa shape index (κ2) is 7.88. The number of aliphatic hydroxyl groups is 1. The third-order valence-electron chi connectivity index (χ3n) is 4.01. The van der Waals surface area contributed by atoms with Gasteiger partial charge in [0.25, 0.3) is 0 Å². The van der Waals surface area contributed by atoms with Crippen molar-refractivity contribution in [3.05, 3.63) is 71.0 Å². The Morgan fingerprint density at radius 3 is 2.22 bits per heavy atom. The highest BCUT2D eigenvalue weighted by Gasteiger charge is 2.16. The van der Waals surface area contributed by atoms with Gasteiger partial charge in [0.1, 0.15) is 5.82 Å². The zero-order valence-corrected chi connectivity index (χ0v) is 13.4. The zero-order chi connectivity index (χ0) is 16.8. The van der Waals surface area contributed by atoms with Gasteiger partial charge in [0.2, 0.25) is 5.91 Å². The van der Waals surface area contributed by atoms with Crippen molar-refractivity contribution in [2.45, 2.75) is 32.3 Å². The Morgan fingerprint density at radius 1 is 1.09 bits per heavy atom. The van der Waals surface area contributed by atoms with Gasteiger partial charge < -0.3 is 10.4 Å². The molecule has 1 amide bonds. The lowest BCUT2D eigenvalue weighted by molar-refractivity contribution is -0.122. The van der Waals surface area contributed by atoms with Gasteiger partial charge in [0.15, 0.2) is 0 Å². The maximum Gasteiger partial charge on any atom is 0.227 e. The lowest BCUT2D eigenvalue weighted by Gasteiger charge is -2.16. The number of amides is 1. The molecule has 0 aliphatic carbocycles. The predicted molar refractivity (Wildman–Crippen MR) is 88.6 cm³/mol. The van der Waals surface area contributed by atoms with Crippen LogP contribution >= 0.6 is 0 Å². The summed E-state index contributed by atoms with van der Waals surface area (Å²) in [4.78, 5) is 12.2. The standard InChI is InChI=1S/C19H22FNO2/c1-3-14-4-6-15(7-5-14)13(2)19(23)21-12-18(22)16-8-10-17(20)11-9-16/h4-11,13,18,22H,3,12H2,1-2H3,(H,21,23). The Kier molecular flexibility index (Phi) is 5.88. The molecule has 0 radical (unpaired) electrons. The van der Waals surface area contributed by atoms with Crippen molar-refractivity contribution in [3.8, 4) is 0 Å². The largest absolute Gasteiger partial charge is 0.387 e. The summed E-state index contributed by atoms with van der Waals surface area (Å²) in [5, 5.41) is 12.8. The summed E-state index contributed by atoms with van der Waals surface area (Å²) >= 11 is 0. The molecular weight excluding hydrogens is 293 g/mol. The van der Waals surface area contributed by atoms with Crippen LogP contribution in [0, 0.1) is 5.82 Å². The first-order valence-electron chi connectivity index (χ1n) is 7.81. The second-order valence-corrected chi connectivity index (χ2v) is 5.63. The first kappa shape index (κ1) is 17.2. The number of benzene rings is 2. The summed E-state index contributed by atoms with van der Waals surface area (Å²) in [5.41, 5.74) is 2.75. The number of carbonyl (C=O) groups is 1. The molecule has 0 bridgehead atoms. The molecule has 0 heterocycles. The van der Waals surface area contributed by atoms with Crippen molar-refractivity contribution < 1.29 is 14.3 Å². The van der Waals surface area contributed by atoms with E-state index in [0.29, 0.717) is 5.56 Å². The van der Waals surface area contributed by atoms with Crippen LogP contribution in [-0.2, 0) is 11.2 Å². The molecule has 122 valence electrons. The second-order valence-electron chi connectivity index (χ2n) is 5.63. The molecule has 2 N–H and O–H groups in total. The van der Waals surface area contributed by atoms with Gasteiger partial charge in [-0.1, -0.05) is 43.3 Å². The first-order valence-corrected chi connectivity index (χ1v) is 7.81. The summed E-state index contributed by atoms with van der Waals surface area (Å²) in [5.74, 6) is -0.786. The molecule has 0 aliphatic rings. The van der Waals surface area contributed by atoms with Crippen molar-refractivity contribution >= 4 is 5.91 Å². The lowest BCUT2D eigenvalue weighted by Crippen LogP contribution is -2.31. The van der Waals surface area contributed by atoms with E-state index in [9.17, 15) is 14.3 Å². The minimum Gasteiger partial charge on any atom is -0.387 e. The van der Waals surface area contributed by atoms with Crippen LogP contribution in [-0.4, -0.2) is 17.6 Å². The van der Waals surface area contributed by atoms with E-state index in [1.165, 1.54) is 29.8 Å². The summed E-state index contributed by atoms with van der Waals surface area (Å²) < 4.78 is 12.9. The molecule has 0 spiro atoms. The Morgan fingerprint density at radius 2 is 1.65 bits per heavy atom. The summed E-state index contributed by atoms with van der Waals surface area (Å²) in [6, 6.07) is 13.6. The molecule has 2 aromatic carbocycles. The Bertz CT molecular complexity index is 637. The maximum absolute atomic E-state index is 12.9. The minimum atomic E-state index is -0.853. The van der Waals surface area contributed by atoms with Crippen LogP contribution < -0.4 is 5.32 Å². The normalized spacial score (nSPS) is 13.4. The number of aryl methyl sites for hydroxylation is 1. The number of hydrogen-bond acceptors (Lipinski definition) is 2. The molecule has 23 heavy (non-hydrogen) atoms. The zero-order valence-electron chi connectivity index (χ0n) is 13.4. The number of hydrogen-bond donors (Lipinski definition) is 2. The molecule has 2 rings (SSSR count). The Labute approximate surface area is 136 Å². The van der Waals surface area contributed by atoms with Crippen LogP contribution in [0.1, 0.15) is 42.6 Å². The van der Waals surface area contributed by atoms with Gasteiger partial charge in [-0.15, -0.1) is 0 Å². The van der Waals surface area contributed by atoms with Crippen LogP contribution in [0.2, 0.25) is 0 Å². The SMILES string of the molecule is CCc1ccc(C(C)C(=O)NCC(O)c2ccc(F)cc2)cc1. The van der Waals surface area contributed by atoms with E-state index < -0.39 is 6.10 Å². The third kappa shape index (κ3) is 4.63. The third-order valence-corrected chi connectivity index (χ3v) is 4.01. The van der Waals surface area contributed by atoms with E-state index in [0.717, 1.165) is 12.0 Å². The van der Waals surface area contributed by atoms with Gasteiger partial charge in [-0.3, -0.25) is 4.79 Å². The number of carbonyl (C=O) groups excluding carboxylic acids is 1. The molecule has 0 aliphatic heterocycles. The first-order chi connectivity index (χ1) is 11.0. The van der Waals surface area contributed by atoms with Crippen molar-refractivity contribution in [1.82, 2.24) is 5.32 Å². The molecule has 0 aromatic heterocycles. The topological polar surface area (TPSA) is 49.3 Å². The Hall–Kier alpha value is -2.20. The monoisotopic (exact) mass is 315 g/mol. The van der Waals surface area contributed by atoms with Crippen LogP contribution in [0.5, 0.6) is 0 Å². The molecule has 4 heteroatoms. The van der Waals surface area contributed by atoms with E-state index in [1.807, 2.05) is 31.2 Å². The molecule has 3 nitrogen and oxygen atoms in total. The van der Waals surface area contributed by atoms with Crippen LogP contribution in [0.25, 0.3) is 0 Å². The molecule has 0 saturated carbocycles. The highest BCUT2D eigenvalue weighted by molar-refractivity contribution is 5.83. The van der Waals surface area contributed by atoms with Crippen LogP contribution in [0.4, 0.5) is 4.39 Å². The van der Waals surface area contributed by atoms with Crippen molar-refractivity contribution in [3.63, 3.8) is 0 Å². The average Bonchev–Trinajstić information content (AvgIpc) is 2.59. The molecular formula is C19H22FNO2. The predicted octanol–water partition coefficient (Wildman–Crippen LogP) is 3.34. The van der Waals surface area contributed by atoms with Crippen LogP contribution in [0.15, 0.2) is 48.5 Å². The summed E-state index contributed by atoms with van der Waals surface area (Å²) in [7, 11) is 0. The van der Waals surface area contributed by atoms with Gasteiger partial charge in [-0.2, -0.15) is 0 Å². The quantitative estimate of drug-likeness (QED) is 0.859. The molecule has 2 atom stereocenters. The molecule has 0 fully saturated rings. The maximum atomic E-state index is 12.9. The lowest BCUT2D eigenvalue weighted by atomic mass is 9.98. The van der Waals surface area contributed by atoms with E-state index in [4.69, 9.17) is 0 Å². The highest BCUT2D eigenvalue weighted by atomic mass is 19.1. The summed E-state index contributed by atoms with van der Waals surface area (Å²) in [6.45, 7) is 4.02. The average molecular weight is 315 g/mol. The van der Waals surface area contributed by atoms with Crippen molar-refractivity contribution in [1.29, 1.82) is 0 Å².